The fourth-order valence-electron chi connectivity index (χ4n) is 1.37. The molecular formula is C7H5N5OS. The molecule has 14 heavy (non-hydrogen) atoms. The maximum Gasteiger partial charge on any atom is 0.270 e. The molecule has 3 aromatic heterocycles. The molecule has 3 rings (SSSR count). The van der Waals surface area contributed by atoms with Crippen LogP contribution >= 0.6 is 11.3 Å². The first kappa shape index (κ1) is 7.51. The normalized spacial score (nSPS) is 11.4. The number of aromatic amines is 2. The molecule has 0 radical (unpaired) electrons. The van der Waals surface area contributed by atoms with Crippen LogP contribution in [0.5, 0.6) is 0 Å². The van der Waals surface area contributed by atoms with E-state index in [1.807, 2.05) is 0 Å². The summed E-state index contributed by atoms with van der Waals surface area (Å²) in [6, 6.07) is 0. The highest BCUT2D eigenvalue weighted by Gasteiger charge is 2.11. The summed E-state index contributed by atoms with van der Waals surface area (Å²) in [4.78, 5) is 25.7. The van der Waals surface area contributed by atoms with Gasteiger partial charge in [0.2, 0.25) is 5.95 Å². The van der Waals surface area contributed by atoms with Gasteiger partial charge in [-0.3, -0.25) is 9.78 Å². The van der Waals surface area contributed by atoms with Gasteiger partial charge in [-0.15, -0.1) is 11.3 Å². The number of aromatic nitrogens is 4. The Hall–Kier alpha value is -1.89. The number of fused-ring (bicyclic) bond motifs is 3. The summed E-state index contributed by atoms with van der Waals surface area (Å²) >= 11 is 1.30. The van der Waals surface area contributed by atoms with E-state index in [0.29, 0.717) is 10.2 Å². The van der Waals surface area contributed by atoms with Crippen molar-refractivity contribution < 1.29 is 0 Å². The number of nitrogens with one attached hydrogen (secondary N) is 2. The zero-order valence-electron chi connectivity index (χ0n) is 6.87. The van der Waals surface area contributed by atoms with Gasteiger partial charge in [-0.25, -0.2) is 9.97 Å². The van der Waals surface area contributed by atoms with E-state index in [1.165, 1.54) is 11.3 Å². The zero-order valence-corrected chi connectivity index (χ0v) is 7.68. The summed E-state index contributed by atoms with van der Waals surface area (Å²) in [6.07, 6.45) is 1.57. The molecule has 0 aliphatic heterocycles. The molecule has 4 N–H and O–H groups in total. The molecule has 0 amide bonds. The second kappa shape index (κ2) is 2.32. The van der Waals surface area contributed by atoms with Gasteiger partial charge < -0.3 is 10.7 Å². The molecule has 0 atom stereocenters. The molecule has 0 fully saturated rings. The molecular weight excluding hydrogens is 202 g/mol. The Labute approximate surface area is 80.8 Å². The number of anilines is 1. The Balaban J connectivity index is 2.69. The van der Waals surface area contributed by atoms with Crippen LogP contribution in [-0.4, -0.2) is 19.9 Å². The summed E-state index contributed by atoms with van der Waals surface area (Å²) in [5.74, 6) is 0.122. The van der Waals surface area contributed by atoms with Gasteiger partial charge in [-0.2, -0.15) is 0 Å². The molecule has 3 aromatic rings. The predicted molar refractivity (Wildman–Crippen MR) is 54.3 cm³/mol. The van der Waals surface area contributed by atoms with Gasteiger partial charge in [0.25, 0.3) is 5.56 Å². The smallest absolute Gasteiger partial charge is 0.270 e. The maximum absolute atomic E-state index is 11.5. The average Bonchev–Trinajstić information content (AvgIpc) is 2.65. The molecule has 0 saturated heterocycles. The van der Waals surface area contributed by atoms with Crippen molar-refractivity contribution in [1.29, 1.82) is 0 Å². The largest absolute Gasteiger partial charge is 0.369 e. The predicted octanol–water partition coefficient (Wildman–Crippen LogP) is 0.443. The van der Waals surface area contributed by atoms with Gasteiger partial charge in [-0.05, 0) is 0 Å². The van der Waals surface area contributed by atoms with Gasteiger partial charge in [0, 0.05) is 0 Å². The van der Waals surface area contributed by atoms with Crippen LogP contribution < -0.4 is 11.3 Å². The molecule has 0 bridgehead atoms. The number of hydrogen-bond donors (Lipinski definition) is 3. The van der Waals surface area contributed by atoms with Crippen molar-refractivity contribution in [2.24, 2.45) is 0 Å². The van der Waals surface area contributed by atoms with Crippen molar-refractivity contribution in [2.75, 3.05) is 5.73 Å². The number of nitrogens with two attached hydrogens (primary N) is 1. The van der Waals surface area contributed by atoms with Crippen LogP contribution in [0, 0.1) is 0 Å². The zero-order chi connectivity index (χ0) is 9.71. The highest BCUT2D eigenvalue weighted by Crippen LogP contribution is 2.27. The second-order valence-corrected chi connectivity index (χ2v) is 3.81. The van der Waals surface area contributed by atoms with Crippen LogP contribution in [0.15, 0.2) is 11.1 Å². The van der Waals surface area contributed by atoms with Gasteiger partial charge in [0.05, 0.1) is 6.33 Å². The summed E-state index contributed by atoms with van der Waals surface area (Å²) in [6.45, 7) is 0. The number of nitrogen functional groups attached to an aromatic ring is 1. The lowest BCUT2D eigenvalue weighted by Crippen LogP contribution is -2.09. The molecule has 3 heterocycles. The standard InChI is InChI=1S/C7H5N5OS/c8-7-11-2-3-6(10-1-9-3)14-4(2)5(13)12-7/h1H,(H,9,10)(H3,8,11,12,13). The first-order valence-corrected chi connectivity index (χ1v) is 4.69. The topological polar surface area (TPSA) is 100 Å². The lowest BCUT2D eigenvalue weighted by Gasteiger charge is -1.91. The number of H-pyrrole nitrogens is 2. The minimum absolute atomic E-state index is 0.122. The van der Waals surface area contributed by atoms with Gasteiger partial charge >= 0.3 is 0 Å². The van der Waals surface area contributed by atoms with E-state index in [1.54, 1.807) is 6.33 Å². The SMILES string of the molecule is Nc1nc2c(sc3nc[nH]c32)c(=O)[nH]1. The molecule has 0 aliphatic rings. The molecule has 0 aliphatic carbocycles. The van der Waals surface area contributed by atoms with Crippen LogP contribution in [0.3, 0.4) is 0 Å². The van der Waals surface area contributed by atoms with E-state index in [9.17, 15) is 4.79 Å². The van der Waals surface area contributed by atoms with Crippen molar-refractivity contribution >= 4 is 37.8 Å². The Bertz CT molecular complexity index is 678. The Morgan fingerprint density at radius 1 is 1.50 bits per heavy atom. The first-order valence-electron chi connectivity index (χ1n) is 3.87. The van der Waals surface area contributed by atoms with Crippen LogP contribution in [0.2, 0.25) is 0 Å². The van der Waals surface area contributed by atoms with Crippen molar-refractivity contribution in [3.63, 3.8) is 0 Å². The summed E-state index contributed by atoms with van der Waals surface area (Å²) in [5, 5.41) is 0. The number of imidazole rings is 1. The Morgan fingerprint density at radius 2 is 2.36 bits per heavy atom. The fourth-order valence-corrected chi connectivity index (χ4v) is 2.31. The summed E-state index contributed by atoms with van der Waals surface area (Å²) in [7, 11) is 0. The lowest BCUT2D eigenvalue weighted by atomic mass is 10.4. The monoisotopic (exact) mass is 207 g/mol. The quantitative estimate of drug-likeness (QED) is 0.498. The maximum atomic E-state index is 11.5. The number of nitrogens with zero attached hydrogens (tertiary/aromatic N) is 2. The number of rotatable bonds is 0. The first-order chi connectivity index (χ1) is 6.75. The van der Waals surface area contributed by atoms with E-state index in [0.717, 1.165) is 10.3 Å². The van der Waals surface area contributed by atoms with Crippen LogP contribution in [0.4, 0.5) is 5.95 Å². The van der Waals surface area contributed by atoms with Crippen molar-refractivity contribution in [3.05, 3.63) is 16.7 Å². The molecule has 0 unspecified atom stereocenters. The van der Waals surface area contributed by atoms with Gasteiger partial charge in [0.15, 0.2) is 0 Å². The second-order valence-electron chi connectivity index (χ2n) is 2.81. The molecule has 0 saturated carbocycles. The molecule has 70 valence electrons. The van der Waals surface area contributed by atoms with Crippen molar-refractivity contribution in [1.82, 2.24) is 19.9 Å². The van der Waals surface area contributed by atoms with Crippen LogP contribution in [0.1, 0.15) is 0 Å². The van der Waals surface area contributed by atoms with E-state index < -0.39 is 0 Å². The Kier molecular flexibility index (Phi) is 1.25. The van der Waals surface area contributed by atoms with E-state index in [-0.39, 0.29) is 11.5 Å². The molecule has 0 aromatic carbocycles. The number of hydrogen-bond acceptors (Lipinski definition) is 5. The lowest BCUT2D eigenvalue weighted by molar-refractivity contribution is 1.20. The third kappa shape index (κ3) is 0.814. The van der Waals surface area contributed by atoms with E-state index in [2.05, 4.69) is 19.9 Å². The van der Waals surface area contributed by atoms with Crippen molar-refractivity contribution in [2.45, 2.75) is 0 Å². The minimum Gasteiger partial charge on any atom is -0.369 e. The van der Waals surface area contributed by atoms with E-state index >= 15 is 0 Å². The Morgan fingerprint density at radius 3 is 3.21 bits per heavy atom. The fraction of sp³-hybridized carbons (Fsp3) is 0. The van der Waals surface area contributed by atoms with Crippen LogP contribution in [0.25, 0.3) is 20.6 Å². The highest BCUT2D eigenvalue weighted by atomic mass is 32.1. The highest BCUT2D eigenvalue weighted by molar-refractivity contribution is 7.25. The minimum atomic E-state index is -0.219. The third-order valence-corrected chi connectivity index (χ3v) is 3.02. The molecule has 7 heteroatoms. The summed E-state index contributed by atoms with van der Waals surface area (Å²) < 4.78 is 0.550. The summed E-state index contributed by atoms with van der Waals surface area (Å²) in [5.41, 5.74) is 6.58. The molecule has 6 nitrogen and oxygen atoms in total. The van der Waals surface area contributed by atoms with Crippen molar-refractivity contribution in [3.8, 4) is 0 Å². The average molecular weight is 207 g/mol. The van der Waals surface area contributed by atoms with E-state index in [4.69, 9.17) is 5.73 Å². The third-order valence-electron chi connectivity index (χ3n) is 1.94. The van der Waals surface area contributed by atoms with Gasteiger partial charge in [0.1, 0.15) is 20.6 Å². The van der Waals surface area contributed by atoms with Gasteiger partial charge in [-0.1, -0.05) is 0 Å². The number of thiophene rings is 1. The molecule has 0 spiro atoms. The van der Waals surface area contributed by atoms with Crippen LogP contribution in [-0.2, 0) is 0 Å².